The Kier molecular flexibility index (Phi) is 6.78. The normalized spacial score (nSPS) is 15.1. The number of hydrogen-bond acceptors (Lipinski definition) is 5. The van der Waals surface area contributed by atoms with Crippen molar-refractivity contribution >= 4 is 63.7 Å². The quantitative estimate of drug-likeness (QED) is 0.440. The van der Waals surface area contributed by atoms with Gasteiger partial charge in [-0.15, -0.1) is 0 Å². The second kappa shape index (κ2) is 9.09. The molecule has 1 amide bonds. The Morgan fingerprint density at radius 3 is 2.54 bits per heavy atom. The molecule has 2 N–H and O–H groups in total. The van der Waals surface area contributed by atoms with Crippen LogP contribution in [0.4, 0.5) is 0 Å². The van der Waals surface area contributed by atoms with E-state index >= 15 is 0 Å². The number of carbonyl (C=O) groups excluding carboxylic acids is 1. The van der Waals surface area contributed by atoms with Crippen molar-refractivity contribution in [3.05, 3.63) is 61.4 Å². The molecule has 0 aliphatic carbocycles. The minimum atomic E-state index is -0.349. The number of rotatable bonds is 6. The van der Waals surface area contributed by atoms with E-state index in [0.29, 0.717) is 37.0 Å². The van der Waals surface area contributed by atoms with Crippen LogP contribution in [-0.4, -0.2) is 24.3 Å². The van der Waals surface area contributed by atoms with Gasteiger partial charge in [0, 0.05) is 15.6 Å². The molecular formula is C19H15Cl3N2O3S. The van der Waals surface area contributed by atoms with Crippen LogP contribution < -0.4 is 14.8 Å². The van der Waals surface area contributed by atoms with Gasteiger partial charge in [-0.05, 0) is 60.7 Å². The fourth-order valence-electron chi connectivity index (χ4n) is 2.43. The van der Waals surface area contributed by atoms with E-state index in [1.165, 1.54) is 0 Å². The molecule has 0 atom stereocenters. The van der Waals surface area contributed by atoms with Crippen molar-refractivity contribution in [2.45, 2.75) is 6.92 Å². The molecule has 0 radical (unpaired) electrons. The summed E-state index contributed by atoms with van der Waals surface area (Å²) in [5.74, 6) is 0.729. The number of carbonyl (C=O) groups is 1. The van der Waals surface area contributed by atoms with Crippen LogP contribution in [0.5, 0.6) is 11.5 Å². The zero-order valence-corrected chi connectivity index (χ0v) is 17.7. The zero-order valence-electron chi connectivity index (χ0n) is 14.6. The second-order valence-corrected chi connectivity index (χ2v) is 8.11. The number of hydrogen-bond donors (Lipinski definition) is 2. The second-order valence-electron chi connectivity index (χ2n) is 5.81. The van der Waals surface area contributed by atoms with Gasteiger partial charge in [0.15, 0.2) is 5.17 Å². The van der Waals surface area contributed by atoms with Crippen molar-refractivity contribution in [1.82, 2.24) is 5.32 Å². The lowest BCUT2D eigenvalue weighted by Crippen LogP contribution is -2.18. The van der Waals surface area contributed by atoms with Crippen molar-refractivity contribution in [1.29, 1.82) is 5.41 Å². The molecule has 5 nitrogen and oxygen atoms in total. The molecule has 2 aromatic rings. The Morgan fingerprint density at radius 2 is 1.86 bits per heavy atom. The van der Waals surface area contributed by atoms with Crippen LogP contribution in [0.3, 0.4) is 0 Å². The van der Waals surface area contributed by atoms with E-state index in [9.17, 15) is 4.79 Å². The number of nitrogens with one attached hydrogen (secondary N) is 2. The molecule has 9 heteroatoms. The summed E-state index contributed by atoms with van der Waals surface area (Å²) >= 11 is 19.4. The molecular weight excluding hydrogens is 443 g/mol. The van der Waals surface area contributed by atoms with Crippen LogP contribution >= 0.6 is 46.6 Å². The van der Waals surface area contributed by atoms with Crippen molar-refractivity contribution in [2.24, 2.45) is 0 Å². The molecule has 0 saturated carbocycles. The summed E-state index contributed by atoms with van der Waals surface area (Å²) in [5.41, 5.74) is 1.47. The van der Waals surface area contributed by atoms with Crippen molar-refractivity contribution in [3.8, 4) is 11.5 Å². The molecule has 0 unspecified atom stereocenters. The van der Waals surface area contributed by atoms with Gasteiger partial charge in [-0.25, -0.2) is 0 Å². The number of benzene rings is 2. The van der Waals surface area contributed by atoms with Gasteiger partial charge < -0.3 is 14.8 Å². The first-order chi connectivity index (χ1) is 13.3. The van der Waals surface area contributed by atoms with E-state index in [1.807, 2.05) is 13.0 Å². The van der Waals surface area contributed by atoms with Crippen LogP contribution in [0.25, 0.3) is 6.08 Å². The lowest BCUT2D eigenvalue weighted by Gasteiger charge is -2.13. The average molecular weight is 458 g/mol. The van der Waals surface area contributed by atoms with Crippen LogP contribution in [0.1, 0.15) is 11.1 Å². The molecule has 1 fully saturated rings. The van der Waals surface area contributed by atoms with Gasteiger partial charge in [-0.1, -0.05) is 34.8 Å². The maximum Gasteiger partial charge on any atom is 0.264 e. The molecule has 1 aliphatic rings. The van der Waals surface area contributed by atoms with Gasteiger partial charge in [0.2, 0.25) is 0 Å². The van der Waals surface area contributed by atoms with Crippen molar-refractivity contribution in [3.63, 3.8) is 0 Å². The topological polar surface area (TPSA) is 71.4 Å². The first kappa shape index (κ1) is 20.9. The minimum absolute atomic E-state index is 0.0681. The Bertz CT molecular complexity index is 979. The lowest BCUT2D eigenvalue weighted by molar-refractivity contribution is -0.115. The van der Waals surface area contributed by atoms with Crippen LogP contribution in [0.2, 0.25) is 15.1 Å². The van der Waals surface area contributed by atoms with Crippen LogP contribution in [-0.2, 0) is 4.79 Å². The fourth-order valence-corrected chi connectivity index (χ4v) is 3.81. The molecule has 28 heavy (non-hydrogen) atoms. The Labute approximate surface area is 181 Å². The van der Waals surface area contributed by atoms with E-state index in [0.717, 1.165) is 17.3 Å². The highest BCUT2D eigenvalue weighted by Gasteiger charge is 2.23. The minimum Gasteiger partial charge on any atom is -0.490 e. The zero-order chi connectivity index (χ0) is 20.3. The monoisotopic (exact) mass is 456 g/mol. The number of halogens is 3. The summed E-state index contributed by atoms with van der Waals surface area (Å²) in [7, 11) is 0. The molecule has 0 spiro atoms. The lowest BCUT2D eigenvalue weighted by atomic mass is 10.2. The summed E-state index contributed by atoms with van der Waals surface area (Å²) in [6, 6.07) is 8.61. The first-order valence-corrected chi connectivity index (χ1v) is 10.1. The van der Waals surface area contributed by atoms with E-state index < -0.39 is 0 Å². The Morgan fingerprint density at radius 1 is 1.11 bits per heavy atom. The van der Waals surface area contributed by atoms with Gasteiger partial charge >= 0.3 is 0 Å². The number of amides is 1. The molecule has 146 valence electrons. The third kappa shape index (κ3) is 5.14. The average Bonchev–Trinajstić information content (AvgIpc) is 2.93. The predicted molar refractivity (Wildman–Crippen MR) is 115 cm³/mol. The number of thioether (sulfide) groups is 1. The molecule has 0 bridgehead atoms. The highest BCUT2D eigenvalue weighted by molar-refractivity contribution is 8.18. The van der Waals surface area contributed by atoms with Gasteiger partial charge in [0.25, 0.3) is 5.91 Å². The van der Waals surface area contributed by atoms with E-state index in [-0.39, 0.29) is 24.3 Å². The first-order valence-electron chi connectivity index (χ1n) is 8.14. The smallest absolute Gasteiger partial charge is 0.264 e. The number of aryl methyl sites for hydroxylation is 1. The predicted octanol–water partition coefficient (Wildman–Crippen LogP) is 5.55. The molecule has 1 aliphatic heterocycles. The standard InChI is InChI=1S/C19H15Cl3N2O3S/c1-10-6-13(2-3-14(10)21)26-4-5-27-17-11(7-12(20)9-15(17)22)8-16-18(25)24-19(23)28-16/h2-3,6-9H,4-5H2,1H3,(H2,23,24,25). The highest BCUT2D eigenvalue weighted by Crippen LogP contribution is 2.36. The summed E-state index contributed by atoms with van der Waals surface area (Å²) in [6.45, 7) is 2.42. The molecule has 1 saturated heterocycles. The third-order valence-corrected chi connectivity index (χ3v) is 5.47. The molecule has 3 rings (SSSR count). The van der Waals surface area contributed by atoms with Crippen LogP contribution in [0.15, 0.2) is 35.2 Å². The molecule has 0 aromatic heterocycles. The summed E-state index contributed by atoms with van der Waals surface area (Å²) in [4.78, 5) is 12.2. The number of ether oxygens (including phenoxy) is 2. The fraction of sp³-hybridized carbons (Fsp3) is 0.158. The summed E-state index contributed by atoms with van der Waals surface area (Å²) in [6.07, 6.45) is 1.60. The largest absolute Gasteiger partial charge is 0.490 e. The van der Waals surface area contributed by atoms with Crippen molar-refractivity contribution in [2.75, 3.05) is 13.2 Å². The summed E-state index contributed by atoms with van der Waals surface area (Å²) < 4.78 is 11.5. The van der Waals surface area contributed by atoms with Crippen molar-refractivity contribution < 1.29 is 14.3 Å². The van der Waals surface area contributed by atoms with Gasteiger partial charge in [0.05, 0.1) is 9.93 Å². The van der Waals surface area contributed by atoms with Gasteiger partial charge in [-0.3, -0.25) is 10.2 Å². The Hall–Kier alpha value is -1.86. The van der Waals surface area contributed by atoms with E-state index in [4.69, 9.17) is 49.7 Å². The Balaban J connectivity index is 1.71. The van der Waals surface area contributed by atoms with Crippen LogP contribution in [0, 0.1) is 12.3 Å². The highest BCUT2D eigenvalue weighted by atomic mass is 35.5. The van der Waals surface area contributed by atoms with Gasteiger partial charge in [-0.2, -0.15) is 0 Å². The maximum absolute atomic E-state index is 11.9. The number of amidine groups is 1. The third-order valence-electron chi connectivity index (χ3n) is 3.71. The maximum atomic E-state index is 11.9. The molecule has 2 aromatic carbocycles. The van der Waals surface area contributed by atoms with E-state index in [2.05, 4.69) is 5.32 Å². The molecule has 1 heterocycles. The SMILES string of the molecule is Cc1cc(OCCOc2c(Cl)cc(Cl)cc2C=C2SC(=N)NC2=O)ccc1Cl. The summed E-state index contributed by atoms with van der Waals surface area (Å²) in [5, 5.41) is 11.4. The van der Waals surface area contributed by atoms with E-state index in [1.54, 1.807) is 30.3 Å². The van der Waals surface area contributed by atoms with Gasteiger partial charge in [0.1, 0.15) is 24.7 Å².